The number of nitrogens with zero attached hydrogens (tertiary/aromatic N) is 1. The van der Waals surface area contributed by atoms with Crippen LogP contribution in [0.15, 0.2) is 23.1 Å². The molecule has 26 heavy (non-hydrogen) atoms. The van der Waals surface area contributed by atoms with Gasteiger partial charge in [-0.15, -0.1) is 0 Å². The minimum absolute atomic E-state index is 0.0212. The number of carbonyl (C=O) groups is 1. The number of sulfonamides is 1. The summed E-state index contributed by atoms with van der Waals surface area (Å²) in [6.45, 7) is 1.71. The van der Waals surface area contributed by atoms with Gasteiger partial charge in [0.2, 0.25) is 15.9 Å². The van der Waals surface area contributed by atoms with E-state index < -0.39 is 10.0 Å². The van der Waals surface area contributed by atoms with Gasteiger partial charge in [0.05, 0.1) is 17.0 Å². The Labute approximate surface area is 163 Å². The number of carbonyl (C=O) groups excluding carboxylic acids is 1. The second kappa shape index (κ2) is 8.44. The maximum atomic E-state index is 12.9. The summed E-state index contributed by atoms with van der Waals surface area (Å²) >= 11 is 12.0. The Hall–Kier alpha value is -0.860. The highest BCUT2D eigenvalue weighted by Crippen LogP contribution is 2.30. The Bertz CT molecular complexity index is 766. The third-order valence-electron chi connectivity index (χ3n) is 4.79. The lowest BCUT2D eigenvalue weighted by Crippen LogP contribution is -2.46. The van der Waals surface area contributed by atoms with E-state index in [9.17, 15) is 13.2 Å². The van der Waals surface area contributed by atoms with Crippen molar-refractivity contribution in [2.45, 2.75) is 36.7 Å². The lowest BCUT2D eigenvalue weighted by molar-refractivity contribution is -0.126. The Morgan fingerprint density at radius 3 is 2.81 bits per heavy atom. The summed E-state index contributed by atoms with van der Waals surface area (Å²) in [5.41, 5.74) is 0. The van der Waals surface area contributed by atoms with Crippen LogP contribution in [0.5, 0.6) is 0 Å². The van der Waals surface area contributed by atoms with Crippen LogP contribution in [-0.2, 0) is 19.6 Å². The van der Waals surface area contributed by atoms with Gasteiger partial charge in [0.25, 0.3) is 0 Å². The molecule has 2 fully saturated rings. The van der Waals surface area contributed by atoms with Gasteiger partial charge in [-0.1, -0.05) is 23.2 Å². The van der Waals surface area contributed by atoms with Gasteiger partial charge in [-0.05, 0) is 43.9 Å². The van der Waals surface area contributed by atoms with Gasteiger partial charge in [0, 0.05) is 31.3 Å². The van der Waals surface area contributed by atoms with E-state index in [0.717, 1.165) is 19.4 Å². The number of amides is 1. The predicted molar refractivity (Wildman–Crippen MR) is 99.9 cm³/mol. The molecule has 0 radical (unpaired) electrons. The van der Waals surface area contributed by atoms with Crippen LogP contribution in [0.25, 0.3) is 0 Å². The van der Waals surface area contributed by atoms with Crippen LogP contribution in [0, 0.1) is 5.92 Å². The molecule has 1 N–H and O–H groups in total. The highest BCUT2D eigenvalue weighted by atomic mass is 35.5. The van der Waals surface area contributed by atoms with Crippen molar-refractivity contribution >= 4 is 39.1 Å². The van der Waals surface area contributed by atoms with E-state index in [0.29, 0.717) is 31.0 Å². The highest BCUT2D eigenvalue weighted by molar-refractivity contribution is 7.89. The van der Waals surface area contributed by atoms with Gasteiger partial charge in [0.1, 0.15) is 4.90 Å². The van der Waals surface area contributed by atoms with Gasteiger partial charge in [0.15, 0.2) is 0 Å². The maximum Gasteiger partial charge on any atom is 0.244 e. The number of ether oxygens (including phenoxy) is 1. The molecule has 0 unspecified atom stereocenters. The molecule has 2 aliphatic rings. The maximum absolute atomic E-state index is 12.9. The topological polar surface area (TPSA) is 75.7 Å². The highest BCUT2D eigenvalue weighted by Gasteiger charge is 2.34. The molecule has 9 heteroatoms. The molecule has 1 aromatic carbocycles. The molecule has 0 aliphatic carbocycles. The Morgan fingerprint density at radius 1 is 1.27 bits per heavy atom. The van der Waals surface area contributed by atoms with E-state index in [-0.39, 0.29) is 34.4 Å². The molecule has 2 saturated heterocycles. The van der Waals surface area contributed by atoms with Gasteiger partial charge in [-0.2, -0.15) is 4.31 Å². The summed E-state index contributed by atoms with van der Waals surface area (Å²) in [7, 11) is -3.80. The predicted octanol–water partition coefficient (Wildman–Crippen LogP) is 2.69. The first-order chi connectivity index (χ1) is 12.4. The van der Waals surface area contributed by atoms with Gasteiger partial charge >= 0.3 is 0 Å². The Morgan fingerprint density at radius 2 is 2.08 bits per heavy atom. The van der Waals surface area contributed by atoms with Crippen LogP contribution in [0.4, 0.5) is 0 Å². The van der Waals surface area contributed by atoms with Crippen molar-refractivity contribution in [2.24, 2.45) is 5.92 Å². The Balaban J connectivity index is 1.67. The minimum Gasteiger partial charge on any atom is -0.376 e. The van der Waals surface area contributed by atoms with Crippen LogP contribution >= 0.6 is 23.2 Å². The zero-order valence-electron chi connectivity index (χ0n) is 14.3. The zero-order chi connectivity index (χ0) is 18.7. The number of piperidine rings is 1. The molecule has 3 rings (SSSR count). The number of hydrogen-bond acceptors (Lipinski definition) is 4. The van der Waals surface area contributed by atoms with E-state index >= 15 is 0 Å². The molecule has 6 nitrogen and oxygen atoms in total. The standard InChI is InChI=1S/C17H22Cl2N2O4S/c18-13-5-6-15(19)16(9-13)26(23,24)21-7-1-3-12(11-21)17(22)20-10-14-4-2-8-25-14/h5-6,9,12,14H,1-4,7-8,10-11H2,(H,20,22)/t12-,14-/m1/s1. The normalized spacial score (nSPS) is 24.5. The number of halogens is 2. The fourth-order valence-corrected chi connectivity index (χ4v) is 5.61. The molecule has 2 atom stereocenters. The summed E-state index contributed by atoms with van der Waals surface area (Å²) in [4.78, 5) is 12.4. The molecule has 0 saturated carbocycles. The molecule has 2 heterocycles. The van der Waals surface area contributed by atoms with Crippen molar-refractivity contribution in [3.05, 3.63) is 28.2 Å². The summed E-state index contributed by atoms with van der Waals surface area (Å²) in [6.07, 6.45) is 3.30. The van der Waals surface area contributed by atoms with E-state index in [1.807, 2.05) is 0 Å². The first-order valence-electron chi connectivity index (χ1n) is 8.72. The van der Waals surface area contributed by atoms with Crippen molar-refractivity contribution in [2.75, 3.05) is 26.2 Å². The molecule has 1 aromatic rings. The third-order valence-corrected chi connectivity index (χ3v) is 7.38. The number of hydrogen-bond donors (Lipinski definition) is 1. The fraction of sp³-hybridized carbons (Fsp3) is 0.588. The average molecular weight is 421 g/mol. The minimum atomic E-state index is -3.80. The molecule has 144 valence electrons. The lowest BCUT2D eigenvalue weighted by atomic mass is 9.99. The van der Waals surface area contributed by atoms with E-state index in [4.69, 9.17) is 27.9 Å². The van der Waals surface area contributed by atoms with Crippen LogP contribution in [-0.4, -0.2) is 51.0 Å². The van der Waals surface area contributed by atoms with Gasteiger partial charge < -0.3 is 10.1 Å². The average Bonchev–Trinajstić information content (AvgIpc) is 3.15. The molecule has 0 bridgehead atoms. The largest absolute Gasteiger partial charge is 0.376 e. The van der Waals surface area contributed by atoms with Crippen molar-refractivity contribution in [3.63, 3.8) is 0 Å². The lowest BCUT2D eigenvalue weighted by Gasteiger charge is -2.31. The number of rotatable bonds is 5. The van der Waals surface area contributed by atoms with Crippen molar-refractivity contribution in [1.82, 2.24) is 9.62 Å². The summed E-state index contributed by atoms with van der Waals surface area (Å²) < 4.78 is 32.7. The van der Waals surface area contributed by atoms with Crippen molar-refractivity contribution in [1.29, 1.82) is 0 Å². The molecule has 2 aliphatic heterocycles. The summed E-state index contributed by atoms with van der Waals surface area (Å²) in [5.74, 6) is -0.504. The van der Waals surface area contributed by atoms with Crippen molar-refractivity contribution < 1.29 is 17.9 Å². The summed E-state index contributed by atoms with van der Waals surface area (Å²) in [6, 6.07) is 4.35. The second-order valence-electron chi connectivity index (χ2n) is 6.66. The fourth-order valence-electron chi connectivity index (χ4n) is 3.35. The summed E-state index contributed by atoms with van der Waals surface area (Å²) in [5, 5.41) is 3.32. The quantitative estimate of drug-likeness (QED) is 0.794. The number of nitrogens with one attached hydrogen (secondary N) is 1. The van der Waals surface area contributed by atoms with Crippen molar-refractivity contribution in [3.8, 4) is 0 Å². The first kappa shape index (κ1) is 19.9. The smallest absolute Gasteiger partial charge is 0.244 e. The van der Waals surface area contributed by atoms with Crippen LogP contribution in [0.3, 0.4) is 0 Å². The van der Waals surface area contributed by atoms with Crippen LogP contribution in [0.2, 0.25) is 10.0 Å². The Kier molecular flexibility index (Phi) is 6.45. The van der Waals surface area contributed by atoms with Gasteiger partial charge in [-0.3, -0.25) is 4.79 Å². The second-order valence-corrected chi connectivity index (χ2v) is 9.41. The van der Waals surface area contributed by atoms with Gasteiger partial charge in [-0.25, -0.2) is 8.42 Å². The zero-order valence-corrected chi connectivity index (χ0v) is 16.6. The third kappa shape index (κ3) is 4.51. The number of benzene rings is 1. The molecule has 0 spiro atoms. The SMILES string of the molecule is O=C(NC[C@H]1CCCO1)[C@@H]1CCCN(S(=O)(=O)c2cc(Cl)ccc2Cl)C1. The molecule has 0 aromatic heterocycles. The van der Waals surface area contributed by atoms with E-state index in [1.165, 1.54) is 16.4 Å². The van der Waals surface area contributed by atoms with E-state index in [2.05, 4.69) is 5.32 Å². The molecular formula is C17H22Cl2N2O4S. The van der Waals surface area contributed by atoms with Crippen LogP contribution in [0.1, 0.15) is 25.7 Å². The molecular weight excluding hydrogens is 399 g/mol. The first-order valence-corrected chi connectivity index (χ1v) is 10.9. The van der Waals surface area contributed by atoms with E-state index in [1.54, 1.807) is 6.07 Å². The van der Waals surface area contributed by atoms with Crippen LogP contribution < -0.4 is 5.32 Å². The monoisotopic (exact) mass is 420 g/mol. The molecule has 1 amide bonds.